The Kier molecular flexibility index (Phi) is 11.1. The number of hydrogen-bond donors (Lipinski definition) is 3. The zero-order valence-corrected chi connectivity index (χ0v) is 27.5. The first-order valence-electron chi connectivity index (χ1n) is 14.9. The van der Waals surface area contributed by atoms with Crippen LogP contribution in [0.15, 0.2) is 54.7 Å². The van der Waals surface area contributed by atoms with Crippen molar-refractivity contribution in [2.24, 2.45) is 0 Å². The van der Waals surface area contributed by atoms with Crippen molar-refractivity contribution in [1.29, 1.82) is 0 Å². The van der Waals surface area contributed by atoms with Gasteiger partial charge in [-0.1, -0.05) is 0 Å². The van der Waals surface area contributed by atoms with E-state index in [0.29, 0.717) is 29.8 Å². The molecule has 0 aliphatic carbocycles. The maximum Gasteiger partial charge on any atom is 0.416 e. The molecule has 3 heterocycles. The summed E-state index contributed by atoms with van der Waals surface area (Å²) in [4.78, 5) is 31.9. The van der Waals surface area contributed by atoms with E-state index in [9.17, 15) is 62.3 Å². The molecule has 2 aromatic heterocycles. The highest BCUT2D eigenvalue weighted by Crippen LogP contribution is 2.39. The Hall–Kier alpha value is -5.55. The molecule has 1 aliphatic rings. The molecule has 3 N–H and O–H groups in total. The highest BCUT2D eigenvalue weighted by Gasteiger charge is 2.38. The van der Waals surface area contributed by atoms with Gasteiger partial charge in [-0.2, -0.15) is 57.1 Å². The van der Waals surface area contributed by atoms with Crippen molar-refractivity contribution in [3.63, 3.8) is 0 Å². The Morgan fingerprint density at radius 1 is 0.667 bits per heavy atom. The number of rotatable bonds is 7. The fourth-order valence-electron chi connectivity index (χ4n) is 4.90. The summed E-state index contributed by atoms with van der Waals surface area (Å²) >= 11 is 0.766. The standard InChI is InChI=1S/C30H22F12N8O3S/c31-27(32,33)16-8-17(28(34,35)36)11-20(10-16)44-25(51)46-22-7-15(1-2-43-22)14-53-24-23(47-54-48-24)49-3-5-50(6-4-49)26(52)45-21-12-18(29(37,38)39)9-19(13-21)30(40,41)42/h1-2,7-13H,3-6,14H2,(H,45,52)(H2,43,44,46,51). The van der Waals surface area contributed by atoms with E-state index in [4.69, 9.17) is 4.74 Å². The maximum atomic E-state index is 13.2. The van der Waals surface area contributed by atoms with Crippen LogP contribution in [0.1, 0.15) is 27.8 Å². The zero-order valence-electron chi connectivity index (χ0n) is 26.6. The van der Waals surface area contributed by atoms with Crippen LogP contribution in [0.5, 0.6) is 5.88 Å². The Morgan fingerprint density at radius 2 is 1.17 bits per heavy atom. The van der Waals surface area contributed by atoms with Crippen LogP contribution in [0, 0.1) is 0 Å². The van der Waals surface area contributed by atoms with Crippen LogP contribution in [0.4, 0.5) is 85.3 Å². The van der Waals surface area contributed by atoms with Gasteiger partial charge in [0.05, 0.1) is 34.0 Å². The maximum absolute atomic E-state index is 13.2. The van der Waals surface area contributed by atoms with Crippen LogP contribution in [-0.4, -0.2) is 56.9 Å². The second kappa shape index (κ2) is 15.1. The van der Waals surface area contributed by atoms with Crippen molar-refractivity contribution in [2.45, 2.75) is 31.3 Å². The van der Waals surface area contributed by atoms with E-state index in [0.717, 1.165) is 11.7 Å². The molecule has 5 rings (SSSR count). The summed E-state index contributed by atoms with van der Waals surface area (Å²) in [5.74, 6) is 0.136. The van der Waals surface area contributed by atoms with Gasteiger partial charge < -0.3 is 25.2 Å². The van der Waals surface area contributed by atoms with Crippen molar-refractivity contribution in [3.8, 4) is 5.88 Å². The predicted molar refractivity (Wildman–Crippen MR) is 167 cm³/mol. The Morgan fingerprint density at radius 3 is 1.67 bits per heavy atom. The van der Waals surface area contributed by atoms with E-state index in [-0.39, 0.29) is 62.4 Å². The van der Waals surface area contributed by atoms with Crippen LogP contribution in [-0.2, 0) is 31.3 Å². The number of aromatic nitrogens is 3. The number of hydrogen-bond acceptors (Lipinski definition) is 8. The number of carbonyl (C=O) groups excluding carboxylic acids is 2. The number of alkyl halides is 12. The van der Waals surface area contributed by atoms with Crippen LogP contribution in [0.2, 0.25) is 0 Å². The molecule has 0 unspecified atom stereocenters. The minimum absolute atomic E-state index is 0.0205. The second-order valence-corrected chi connectivity index (χ2v) is 11.8. The van der Waals surface area contributed by atoms with Crippen molar-refractivity contribution in [2.75, 3.05) is 47.0 Å². The molecule has 1 fully saturated rings. The van der Waals surface area contributed by atoms with Crippen LogP contribution < -0.4 is 25.6 Å². The molecule has 0 atom stereocenters. The average molecular weight is 803 g/mol. The molecule has 54 heavy (non-hydrogen) atoms. The van der Waals surface area contributed by atoms with Gasteiger partial charge in [-0.25, -0.2) is 14.6 Å². The molecule has 11 nitrogen and oxygen atoms in total. The third-order valence-electron chi connectivity index (χ3n) is 7.43. The summed E-state index contributed by atoms with van der Waals surface area (Å²) in [7, 11) is 0. The van der Waals surface area contributed by atoms with E-state index in [1.807, 2.05) is 5.32 Å². The van der Waals surface area contributed by atoms with Crippen molar-refractivity contribution in [1.82, 2.24) is 18.6 Å². The number of urea groups is 2. The summed E-state index contributed by atoms with van der Waals surface area (Å²) in [5.41, 5.74) is -7.55. The average Bonchev–Trinajstić information content (AvgIpc) is 3.54. The SMILES string of the molecule is O=C(Nc1cc(C(F)(F)F)cc(C(F)(F)F)c1)Nc1cc(COc2nsnc2N2CCN(C(=O)Nc3cc(C(F)(F)F)cc(C(F)(F)F)c3)CC2)ccn1. The normalized spacial score (nSPS) is 14.1. The number of benzene rings is 2. The lowest BCUT2D eigenvalue weighted by molar-refractivity contribution is -0.144. The van der Waals surface area contributed by atoms with Gasteiger partial charge in [0.25, 0.3) is 5.88 Å². The van der Waals surface area contributed by atoms with Crippen molar-refractivity contribution in [3.05, 3.63) is 82.5 Å². The topological polar surface area (TPSA) is 125 Å². The smallest absolute Gasteiger partial charge is 0.416 e. The molecule has 1 saturated heterocycles. The molecule has 24 heteroatoms. The molecule has 0 spiro atoms. The number of nitrogens with zero attached hydrogens (tertiary/aromatic N) is 5. The number of anilines is 4. The molecule has 0 bridgehead atoms. The van der Waals surface area contributed by atoms with Gasteiger partial charge in [0.2, 0.25) is 5.82 Å². The molecule has 0 saturated carbocycles. The molecule has 4 aromatic rings. The zero-order chi connectivity index (χ0) is 39.6. The monoisotopic (exact) mass is 802 g/mol. The quantitative estimate of drug-likeness (QED) is 0.160. The number of nitrogens with one attached hydrogen (secondary N) is 3. The summed E-state index contributed by atoms with van der Waals surface area (Å²) in [5, 5.41) is 6.20. The molecule has 0 radical (unpaired) electrons. The number of pyridine rings is 1. The van der Waals surface area contributed by atoms with Gasteiger partial charge in [0.1, 0.15) is 12.4 Å². The molecular formula is C30H22F12N8O3S. The largest absolute Gasteiger partial charge is 0.470 e. The summed E-state index contributed by atoms with van der Waals surface area (Å²) in [6, 6.07) is 1.91. The summed E-state index contributed by atoms with van der Waals surface area (Å²) < 4.78 is 172. The van der Waals surface area contributed by atoms with Gasteiger partial charge in [0.15, 0.2) is 0 Å². The second-order valence-electron chi connectivity index (χ2n) is 11.3. The fraction of sp³-hybridized carbons (Fsp3) is 0.300. The number of piperazine rings is 1. The molecular weight excluding hydrogens is 780 g/mol. The van der Waals surface area contributed by atoms with Crippen LogP contribution in [0.3, 0.4) is 0 Å². The number of carbonyl (C=O) groups is 2. The Labute approximate surface area is 299 Å². The lowest BCUT2D eigenvalue weighted by Crippen LogP contribution is -2.50. The molecule has 290 valence electrons. The van der Waals surface area contributed by atoms with Gasteiger partial charge in [-0.15, -0.1) is 4.37 Å². The molecule has 1 aliphatic heterocycles. The van der Waals surface area contributed by atoms with E-state index in [1.165, 1.54) is 23.2 Å². The fourth-order valence-corrected chi connectivity index (χ4v) is 5.42. The minimum atomic E-state index is -5.13. The Bertz CT molecular complexity index is 1930. The first kappa shape index (κ1) is 39.7. The molecule has 2 aromatic carbocycles. The van der Waals surface area contributed by atoms with Gasteiger partial charge >= 0.3 is 36.8 Å². The van der Waals surface area contributed by atoms with Gasteiger partial charge in [-0.3, -0.25) is 5.32 Å². The van der Waals surface area contributed by atoms with E-state index in [1.54, 1.807) is 4.90 Å². The minimum Gasteiger partial charge on any atom is -0.470 e. The van der Waals surface area contributed by atoms with Gasteiger partial charge in [0, 0.05) is 43.8 Å². The van der Waals surface area contributed by atoms with Crippen molar-refractivity contribution >= 4 is 46.8 Å². The highest BCUT2D eigenvalue weighted by atomic mass is 32.1. The first-order chi connectivity index (χ1) is 25.1. The Balaban J connectivity index is 1.17. The predicted octanol–water partition coefficient (Wildman–Crippen LogP) is 8.59. The van der Waals surface area contributed by atoms with E-state index in [2.05, 4.69) is 24.4 Å². The first-order valence-corrected chi connectivity index (χ1v) is 15.7. The van der Waals surface area contributed by atoms with E-state index >= 15 is 0 Å². The van der Waals surface area contributed by atoms with Crippen LogP contribution >= 0.6 is 11.7 Å². The lowest BCUT2D eigenvalue weighted by atomic mass is 10.1. The van der Waals surface area contributed by atoms with Gasteiger partial charge in [-0.05, 0) is 54.1 Å². The number of halogens is 12. The third-order valence-corrected chi connectivity index (χ3v) is 7.94. The number of amides is 4. The highest BCUT2D eigenvalue weighted by molar-refractivity contribution is 6.99. The lowest BCUT2D eigenvalue weighted by Gasteiger charge is -2.34. The van der Waals surface area contributed by atoms with E-state index < -0.39 is 70.4 Å². The van der Waals surface area contributed by atoms with Crippen LogP contribution in [0.25, 0.3) is 0 Å². The number of ether oxygens (including phenoxy) is 1. The van der Waals surface area contributed by atoms with Crippen molar-refractivity contribution < 1.29 is 67.0 Å². The molecule has 4 amide bonds. The summed E-state index contributed by atoms with van der Waals surface area (Å²) in [6.07, 6.45) is -19.2. The summed E-state index contributed by atoms with van der Waals surface area (Å²) in [6.45, 7) is -0.0134. The third kappa shape index (κ3) is 10.1.